The van der Waals surface area contributed by atoms with E-state index in [0.29, 0.717) is 11.3 Å². The van der Waals surface area contributed by atoms with Crippen LogP contribution in [0.2, 0.25) is 0 Å². The van der Waals surface area contributed by atoms with Crippen molar-refractivity contribution in [3.8, 4) is 5.75 Å². The maximum absolute atomic E-state index is 12.9. The first-order valence-electron chi connectivity index (χ1n) is 9.12. The van der Waals surface area contributed by atoms with Crippen LogP contribution < -0.4 is 14.8 Å². The molecule has 1 aromatic carbocycles. The highest BCUT2D eigenvalue weighted by Crippen LogP contribution is 2.18. The molecule has 2 N–H and O–H groups in total. The number of hydrogen-bond acceptors (Lipinski definition) is 6. The van der Waals surface area contributed by atoms with Gasteiger partial charge in [-0.3, -0.25) is 15.1 Å². The molecule has 1 atom stereocenters. The van der Waals surface area contributed by atoms with E-state index in [0.717, 1.165) is 0 Å². The molecular weight excluding hydrogens is 415 g/mol. The van der Waals surface area contributed by atoms with E-state index in [9.17, 15) is 22.4 Å². The average Bonchev–Trinajstić information content (AvgIpc) is 3.03. The molecule has 0 spiro atoms. The van der Waals surface area contributed by atoms with Gasteiger partial charge in [0.1, 0.15) is 25.1 Å². The molecule has 2 aromatic rings. The Kier molecular flexibility index (Phi) is 6.63. The molecule has 9 nitrogen and oxygen atoms in total. The number of urea groups is 1. The van der Waals surface area contributed by atoms with E-state index in [1.807, 2.05) is 0 Å². The topological polar surface area (TPSA) is 118 Å². The lowest BCUT2D eigenvalue weighted by Crippen LogP contribution is -2.27. The Bertz CT molecular complexity index is 1030. The molecule has 1 aliphatic rings. The summed E-state index contributed by atoms with van der Waals surface area (Å²) in [6.45, 7) is 1.35. The van der Waals surface area contributed by atoms with Crippen LogP contribution in [0.3, 0.4) is 0 Å². The van der Waals surface area contributed by atoms with E-state index < -0.39 is 22.2 Å². The second kappa shape index (κ2) is 9.18. The summed E-state index contributed by atoms with van der Waals surface area (Å²) in [7, 11) is -3.82. The molecule has 0 saturated carbocycles. The van der Waals surface area contributed by atoms with Crippen molar-refractivity contribution < 1.29 is 27.1 Å². The van der Waals surface area contributed by atoms with Crippen molar-refractivity contribution in [2.75, 3.05) is 13.2 Å². The molecule has 1 saturated heterocycles. The fraction of sp³-hybridized carbons (Fsp3) is 0.316. The third kappa shape index (κ3) is 5.74. The lowest BCUT2D eigenvalue weighted by Gasteiger charge is -2.13. The summed E-state index contributed by atoms with van der Waals surface area (Å²) in [5, 5.41) is 2.19. The summed E-state index contributed by atoms with van der Waals surface area (Å²) in [5.41, 5.74) is 1.18. The number of benzene rings is 1. The molecule has 1 fully saturated rings. The Morgan fingerprint density at radius 3 is 2.73 bits per heavy atom. The zero-order chi connectivity index (χ0) is 21.7. The van der Waals surface area contributed by atoms with E-state index in [4.69, 9.17) is 4.74 Å². The zero-order valence-corrected chi connectivity index (χ0v) is 17.0. The standard InChI is InChI=1S/C19H21FN4O5S/c1-13(20)12-29-16-3-2-4-17(7-16)30(27,28)22-9-15-6-5-14(8-21-15)10-24-11-18(25)23-19(24)26/h2-8,13,22H,9-12H2,1H3,(H,23,25,26). The van der Waals surface area contributed by atoms with Gasteiger partial charge in [0.2, 0.25) is 15.9 Å². The predicted octanol–water partition coefficient (Wildman–Crippen LogP) is 1.35. The van der Waals surface area contributed by atoms with Crippen LogP contribution in [0.1, 0.15) is 18.2 Å². The SMILES string of the molecule is CC(F)COc1cccc(S(=O)(=O)NCc2ccc(CN3CC(=O)NC3=O)cn2)c1. The number of amides is 3. The van der Waals surface area contributed by atoms with Gasteiger partial charge in [-0.1, -0.05) is 12.1 Å². The average molecular weight is 436 g/mol. The zero-order valence-electron chi connectivity index (χ0n) is 16.2. The third-order valence-corrected chi connectivity index (χ3v) is 5.57. The van der Waals surface area contributed by atoms with Crippen LogP contribution in [0.15, 0.2) is 47.5 Å². The van der Waals surface area contributed by atoms with Crippen molar-refractivity contribution in [1.29, 1.82) is 0 Å². The maximum Gasteiger partial charge on any atom is 0.324 e. The fourth-order valence-corrected chi connectivity index (χ4v) is 3.71. The minimum absolute atomic E-state index is 0.00654. The van der Waals surface area contributed by atoms with Crippen LogP contribution in [0, 0.1) is 0 Å². The van der Waals surface area contributed by atoms with Gasteiger partial charge in [0.25, 0.3) is 0 Å². The van der Waals surface area contributed by atoms with Crippen molar-refractivity contribution in [2.24, 2.45) is 0 Å². The van der Waals surface area contributed by atoms with Gasteiger partial charge in [-0.05, 0) is 30.7 Å². The number of halogens is 1. The normalized spacial score (nSPS) is 15.2. The Balaban J connectivity index is 1.58. The largest absolute Gasteiger partial charge is 0.491 e. The number of nitrogens with one attached hydrogen (secondary N) is 2. The molecule has 1 unspecified atom stereocenters. The van der Waals surface area contributed by atoms with E-state index in [2.05, 4.69) is 15.0 Å². The summed E-state index contributed by atoms with van der Waals surface area (Å²) in [6.07, 6.45) is 0.351. The van der Waals surface area contributed by atoms with Crippen molar-refractivity contribution in [3.63, 3.8) is 0 Å². The van der Waals surface area contributed by atoms with E-state index in [1.165, 1.54) is 36.2 Å². The maximum atomic E-state index is 12.9. The van der Waals surface area contributed by atoms with Crippen molar-refractivity contribution in [1.82, 2.24) is 19.9 Å². The second-order valence-electron chi connectivity index (χ2n) is 6.76. The van der Waals surface area contributed by atoms with Gasteiger partial charge >= 0.3 is 6.03 Å². The number of carbonyl (C=O) groups is 2. The van der Waals surface area contributed by atoms with Gasteiger partial charge < -0.3 is 9.64 Å². The molecule has 0 bridgehead atoms. The number of nitrogens with zero attached hydrogens (tertiary/aromatic N) is 2. The molecule has 11 heteroatoms. The molecule has 30 heavy (non-hydrogen) atoms. The molecule has 3 rings (SSSR count). The molecule has 160 valence electrons. The Labute approximate surface area is 173 Å². The minimum atomic E-state index is -3.82. The lowest BCUT2D eigenvalue weighted by atomic mass is 10.2. The van der Waals surface area contributed by atoms with Crippen LogP contribution in [0.25, 0.3) is 0 Å². The van der Waals surface area contributed by atoms with Crippen LogP contribution in [0.4, 0.5) is 9.18 Å². The number of pyridine rings is 1. The summed E-state index contributed by atoms with van der Waals surface area (Å²) in [4.78, 5) is 28.3. The molecule has 0 aliphatic carbocycles. The van der Waals surface area contributed by atoms with Crippen LogP contribution >= 0.6 is 0 Å². The quantitative estimate of drug-likeness (QED) is 0.573. The van der Waals surface area contributed by atoms with Crippen LogP contribution in [-0.2, 0) is 27.9 Å². The Hall–Kier alpha value is -3.05. The highest BCUT2D eigenvalue weighted by Gasteiger charge is 2.26. The van der Waals surface area contributed by atoms with E-state index in [-0.39, 0.29) is 42.8 Å². The second-order valence-corrected chi connectivity index (χ2v) is 8.53. The molecule has 3 amide bonds. The molecule has 0 radical (unpaired) electrons. The molecule has 1 aromatic heterocycles. The van der Waals surface area contributed by atoms with Gasteiger partial charge in [0.05, 0.1) is 17.1 Å². The molecule has 2 heterocycles. The monoisotopic (exact) mass is 436 g/mol. The van der Waals surface area contributed by atoms with Crippen LogP contribution in [-0.4, -0.2) is 49.6 Å². The van der Waals surface area contributed by atoms with Crippen molar-refractivity contribution >= 4 is 22.0 Å². The highest BCUT2D eigenvalue weighted by atomic mass is 32.2. The van der Waals surface area contributed by atoms with Gasteiger partial charge in [0, 0.05) is 18.8 Å². The first-order chi connectivity index (χ1) is 14.2. The van der Waals surface area contributed by atoms with Crippen LogP contribution in [0.5, 0.6) is 5.75 Å². The van der Waals surface area contributed by atoms with E-state index in [1.54, 1.807) is 18.2 Å². The van der Waals surface area contributed by atoms with Gasteiger partial charge in [-0.2, -0.15) is 0 Å². The minimum Gasteiger partial charge on any atom is -0.491 e. The first kappa shape index (κ1) is 21.7. The van der Waals surface area contributed by atoms with Gasteiger partial charge in [-0.25, -0.2) is 22.3 Å². The number of carbonyl (C=O) groups excluding carboxylic acids is 2. The summed E-state index contributed by atoms with van der Waals surface area (Å²) in [6, 6.07) is 8.68. The smallest absolute Gasteiger partial charge is 0.324 e. The number of rotatable bonds is 9. The van der Waals surface area contributed by atoms with Crippen molar-refractivity contribution in [2.45, 2.75) is 31.1 Å². The summed E-state index contributed by atoms with van der Waals surface area (Å²) >= 11 is 0. The number of alkyl halides is 1. The number of hydrogen-bond donors (Lipinski definition) is 2. The highest BCUT2D eigenvalue weighted by molar-refractivity contribution is 7.89. The molecule has 1 aliphatic heterocycles. The van der Waals surface area contributed by atoms with Gasteiger partial charge in [-0.15, -0.1) is 0 Å². The summed E-state index contributed by atoms with van der Waals surface area (Å²) < 4.78 is 45.6. The summed E-state index contributed by atoms with van der Waals surface area (Å²) in [5.74, 6) is -0.0954. The van der Waals surface area contributed by atoms with E-state index >= 15 is 0 Å². The van der Waals surface area contributed by atoms with Gasteiger partial charge in [0.15, 0.2) is 0 Å². The fourth-order valence-electron chi connectivity index (χ4n) is 2.68. The number of sulfonamides is 1. The number of aromatic nitrogens is 1. The first-order valence-corrected chi connectivity index (χ1v) is 10.6. The van der Waals surface area contributed by atoms with Crippen molar-refractivity contribution in [3.05, 3.63) is 53.9 Å². The Morgan fingerprint density at radius 2 is 2.10 bits per heavy atom. The number of ether oxygens (including phenoxy) is 1. The number of imide groups is 1. The molecular formula is C19H21FN4O5S. The third-order valence-electron chi connectivity index (χ3n) is 4.17. The Morgan fingerprint density at radius 1 is 1.30 bits per heavy atom. The predicted molar refractivity (Wildman–Crippen MR) is 105 cm³/mol. The lowest BCUT2D eigenvalue weighted by molar-refractivity contribution is -0.118.